The van der Waals surface area contributed by atoms with Crippen molar-refractivity contribution < 1.29 is 14.3 Å². The number of H-pyrrole nitrogens is 1. The van der Waals surface area contributed by atoms with Gasteiger partial charge in [0.2, 0.25) is 11.9 Å². The number of amides is 1. The lowest BCUT2D eigenvalue weighted by molar-refractivity contribution is -0.114. The third-order valence-corrected chi connectivity index (χ3v) is 4.20. The van der Waals surface area contributed by atoms with Crippen LogP contribution in [0.25, 0.3) is 0 Å². The zero-order valence-corrected chi connectivity index (χ0v) is 17.3. The molecule has 31 heavy (non-hydrogen) atoms. The number of rotatable bonds is 8. The molecule has 10 nitrogen and oxygen atoms in total. The Kier molecular flexibility index (Phi) is 6.94. The van der Waals surface area contributed by atoms with Crippen molar-refractivity contribution in [2.45, 2.75) is 13.3 Å². The van der Waals surface area contributed by atoms with Gasteiger partial charge in [0.05, 0.1) is 20.4 Å². The predicted octanol–water partition coefficient (Wildman–Crippen LogP) is 2.18. The second kappa shape index (κ2) is 10.0. The number of carbonyl (C=O) groups excluding carboxylic acids is 1. The van der Waals surface area contributed by atoms with E-state index in [9.17, 15) is 9.59 Å². The molecule has 1 amide bonds. The van der Waals surface area contributed by atoms with Crippen molar-refractivity contribution in [3.63, 3.8) is 0 Å². The van der Waals surface area contributed by atoms with Crippen LogP contribution in [-0.2, 0) is 11.2 Å². The third-order valence-electron chi connectivity index (χ3n) is 4.20. The van der Waals surface area contributed by atoms with Gasteiger partial charge < -0.3 is 14.8 Å². The summed E-state index contributed by atoms with van der Waals surface area (Å²) in [5.74, 6) is 1.16. The van der Waals surface area contributed by atoms with Gasteiger partial charge in [-0.2, -0.15) is 5.10 Å². The second-order valence-electron chi connectivity index (χ2n) is 6.49. The molecule has 0 aliphatic rings. The Morgan fingerprint density at radius 3 is 2.48 bits per heavy atom. The van der Waals surface area contributed by atoms with Crippen LogP contribution in [0.4, 0.5) is 11.6 Å². The minimum atomic E-state index is -0.373. The van der Waals surface area contributed by atoms with Crippen molar-refractivity contribution in [1.29, 1.82) is 0 Å². The zero-order valence-electron chi connectivity index (χ0n) is 17.3. The molecule has 0 aliphatic carbocycles. The molecule has 0 unspecified atom stereocenters. The average molecular weight is 422 g/mol. The normalized spacial score (nSPS) is 10.7. The van der Waals surface area contributed by atoms with Crippen LogP contribution in [-0.4, -0.2) is 41.5 Å². The van der Waals surface area contributed by atoms with E-state index >= 15 is 0 Å². The van der Waals surface area contributed by atoms with Crippen molar-refractivity contribution in [1.82, 2.24) is 15.2 Å². The summed E-state index contributed by atoms with van der Waals surface area (Å²) in [4.78, 5) is 26.0. The largest absolute Gasteiger partial charge is 0.493 e. The Bertz CT molecular complexity index is 1140. The van der Waals surface area contributed by atoms with Crippen LogP contribution in [0.2, 0.25) is 0 Å². The van der Waals surface area contributed by atoms with E-state index in [4.69, 9.17) is 9.47 Å². The number of aromatic amines is 1. The smallest absolute Gasteiger partial charge is 0.274 e. The molecule has 0 saturated carbocycles. The molecular weight excluding hydrogens is 400 g/mol. The van der Waals surface area contributed by atoms with Crippen molar-refractivity contribution in [3.8, 4) is 11.5 Å². The van der Waals surface area contributed by atoms with Gasteiger partial charge in [-0.1, -0.05) is 18.2 Å². The number of ether oxygens (including phenoxy) is 2. The van der Waals surface area contributed by atoms with Gasteiger partial charge in [-0.15, -0.1) is 10.2 Å². The molecule has 2 aromatic carbocycles. The van der Waals surface area contributed by atoms with E-state index in [-0.39, 0.29) is 29.5 Å². The number of aromatic nitrogens is 3. The topological polar surface area (TPSA) is 131 Å². The number of carbonyl (C=O) groups is 1. The molecule has 0 radical (unpaired) electrons. The van der Waals surface area contributed by atoms with Gasteiger partial charge in [0.15, 0.2) is 11.5 Å². The Morgan fingerprint density at radius 1 is 1.10 bits per heavy atom. The van der Waals surface area contributed by atoms with Gasteiger partial charge in [0.1, 0.15) is 5.69 Å². The number of nitrogens with one attached hydrogen (secondary N) is 3. The first-order chi connectivity index (χ1) is 15.0. The van der Waals surface area contributed by atoms with Crippen molar-refractivity contribution >= 4 is 23.8 Å². The lowest BCUT2D eigenvalue weighted by Gasteiger charge is -2.09. The molecule has 0 bridgehead atoms. The summed E-state index contributed by atoms with van der Waals surface area (Å²) >= 11 is 0. The van der Waals surface area contributed by atoms with E-state index in [0.717, 1.165) is 11.1 Å². The standard InChI is InChI=1S/C21H22N6O4/c1-13(28)23-16-7-4-14(5-8-16)12-22-26-21-24-20(29)17(25-27-21)10-15-6-9-18(30-2)19(11-15)31-3/h4-9,11-12H,10H2,1-3H3,(H,23,28)(H2,24,26,27,29)/b22-12-. The summed E-state index contributed by atoms with van der Waals surface area (Å²) in [6, 6.07) is 12.5. The van der Waals surface area contributed by atoms with Gasteiger partial charge >= 0.3 is 0 Å². The monoisotopic (exact) mass is 422 g/mol. The minimum absolute atomic E-state index is 0.118. The molecule has 3 aromatic rings. The maximum atomic E-state index is 12.3. The lowest BCUT2D eigenvalue weighted by atomic mass is 10.1. The molecule has 0 spiro atoms. The van der Waals surface area contributed by atoms with E-state index in [1.807, 2.05) is 6.07 Å². The quantitative estimate of drug-likeness (QED) is 0.375. The first kappa shape index (κ1) is 21.5. The van der Waals surface area contributed by atoms with Crippen LogP contribution in [0.15, 0.2) is 52.4 Å². The average Bonchev–Trinajstić information content (AvgIpc) is 2.76. The van der Waals surface area contributed by atoms with Gasteiger partial charge in [-0.25, -0.2) is 5.43 Å². The van der Waals surface area contributed by atoms with Crippen LogP contribution in [0, 0.1) is 0 Å². The molecule has 3 N–H and O–H groups in total. The highest BCUT2D eigenvalue weighted by Crippen LogP contribution is 2.28. The maximum absolute atomic E-state index is 12.3. The van der Waals surface area contributed by atoms with Crippen LogP contribution in [0.5, 0.6) is 11.5 Å². The zero-order chi connectivity index (χ0) is 22.2. The van der Waals surface area contributed by atoms with Crippen molar-refractivity contribution in [2.24, 2.45) is 5.10 Å². The number of hydrogen-bond acceptors (Lipinski definition) is 8. The van der Waals surface area contributed by atoms with Crippen molar-refractivity contribution in [3.05, 3.63) is 69.6 Å². The Hall–Kier alpha value is -4.21. The molecule has 0 atom stereocenters. The highest BCUT2D eigenvalue weighted by atomic mass is 16.5. The number of hydrogen-bond donors (Lipinski definition) is 3. The summed E-state index contributed by atoms with van der Waals surface area (Å²) < 4.78 is 10.5. The van der Waals surface area contributed by atoms with E-state index in [1.54, 1.807) is 56.8 Å². The second-order valence-corrected chi connectivity index (χ2v) is 6.49. The number of nitrogens with zero attached hydrogens (tertiary/aromatic N) is 3. The molecule has 3 rings (SSSR count). The van der Waals surface area contributed by atoms with Crippen molar-refractivity contribution in [2.75, 3.05) is 25.0 Å². The Morgan fingerprint density at radius 2 is 1.84 bits per heavy atom. The molecule has 0 fully saturated rings. The fourth-order valence-electron chi connectivity index (χ4n) is 2.73. The first-order valence-corrected chi connectivity index (χ1v) is 9.32. The van der Waals surface area contributed by atoms with E-state index in [2.05, 4.69) is 31.0 Å². The van der Waals surface area contributed by atoms with E-state index in [0.29, 0.717) is 17.2 Å². The van der Waals surface area contributed by atoms with Gasteiger partial charge in [-0.05, 0) is 35.4 Å². The Labute approximate surface area is 178 Å². The first-order valence-electron chi connectivity index (χ1n) is 9.32. The predicted molar refractivity (Wildman–Crippen MR) is 117 cm³/mol. The number of benzene rings is 2. The fourth-order valence-corrected chi connectivity index (χ4v) is 2.73. The molecule has 10 heteroatoms. The maximum Gasteiger partial charge on any atom is 0.274 e. The molecule has 0 aliphatic heterocycles. The van der Waals surface area contributed by atoms with Gasteiger partial charge in [0, 0.05) is 19.0 Å². The summed E-state index contributed by atoms with van der Waals surface area (Å²) in [6.07, 6.45) is 1.84. The Balaban J connectivity index is 1.63. The summed E-state index contributed by atoms with van der Waals surface area (Å²) in [5.41, 5.74) is 4.84. The SMILES string of the molecule is COc1ccc(Cc2nnc(N/N=C\c3ccc(NC(C)=O)cc3)[nH]c2=O)cc1OC. The molecular formula is C21H22N6O4. The van der Waals surface area contributed by atoms with Crippen LogP contribution < -0.4 is 25.8 Å². The number of hydrazone groups is 1. The van der Waals surface area contributed by atoms with Crippen LogP contribution in [0.1, 0.15) is 23.7 Å². The lowest BCUT2D eigenvalue weighted by Crippen LogP contribution is -2.18. The summed E-state index contributed by atoms with van der Waals surface area (Å²) in [6.45, 7) is 1.44. The number of anilines is 2. The van der Waals surface area contributed by atoms with E-state index < -0.39 is 0 Å². The third kappa shape index (κ3) is 5.89. The molecule has 1 heterocycles. The number of methoxy groups -OCH3 is 2. The summed E-state index contributed by atoms with van der Waals surface area (Å²) in [5, 5.41) is 14.7. The summed E-state index contributed by atoms with van der Waals surface area (Å²) in [7, 11) is 3.11. The minimum Gasteiger partial charge on any atom is -0.493 e. The van der Waals surface area contributed by atoms with Crippen LogP contribution in [0.3, 0.4) is 0 Å². The molecule has 160 valence electrons. The highest BCUT2D eigenvalue weighted by molar-refractivity contribution is 5.89. The fraction of sp³-hybridized carbons (Fsp3) is 0.190. The van der Waals surface area contributed by atoms with Crippen LogP contribution >= 0.6 is 0 Å². The van der Waals surface area contributed by atoms with Gasteiger partial charge in [0.25, 0.3) is 5.56 Å². The highest BCUT2D eigenvalue weighted by Gasteiger charge is 2.09. The molecule has 1 aromatic heterocycles. The molecule has 0 saturated heterocycles. The van der Waals surface area contributed by atoms with E-state index in [1.165, 1.54) is 6.92 Å². The van der Waals surface area contributed by atoms with Gasteiger partial charge in [-0.3, -0.25) is 14.6 Å².